The van der Waals surface area contributed by atoms with Crippen molar-refractivity contribution in [1.29, 1.82) is 0 Å². The Hall–Kier alpha value is -2.85. The number of hydrogen-bond donors (Lipinski definition) is 1. The number of ether oxygens (including phenoxy) is 1. The van der Waals surface area contributed by atoms with Crippen molar-refractivity contribution in [3.8, 4) is 0 Å². The average molecular weight is 442 g/mol. The highest BCUT2D eigenvalue weighted by atomic mass is 32.2. The monoisotopic (exact) mass is 441 g/mol. The van der Waals surface area contributed by atoms with Gasteiger partial charge in [0.2, 0.25) is 10.0 Å². The van der Waals surface area contributed by atoms with E-state index in [1.165, 1.54) is 24.3 Å². The predicted molar refractivity (Wildman–Crippen MR) is 117 cm³/mol. The van der Waals surface area contributed by atoms with Crippen molar-refractivity contribution >= 4 is 26.5 Å². The van der Waals surface area contributed by atoms with Crippen LogP contribution in [-0.2, 0) is 14.8 Å². The highest BCUT2D eigenvalue weighted by Gasteiger charge is 2.29. The second kappa shape index (κ2) is 9.11. The first-order valence-electron chi connectivity index (χ1n) is 10.00. The van der Waals surface area contributed by atoms with Crippen LogP contribution in [0.3, 0.4) is 0 Å². The maximum absolute atomic E-state index is 13.0. The maximum atomic E-state index is 13.0. The Kier molecular flexibility index (Phi) is 6.28. The molecule has 3 aromatic carbocycles. The van der Waals surface area contributed by atoms with E-state index >= 15 is 0 Å². The third-order valence-corrected chi connectivity index (χ3v) is 6.96. The number of rotatable bonds is 7. The molecule has 9 heteroatoms. The fraction of sp³-hybridized carbons (Fsp3) is 0.273. The summed E-state index contributed by atoms with van der Waals surface area (Å²) in [5.74, 6) is 0. The minimum atomic E-state index is -4.08. The lowest BCUT2D eigenvalue weighted by Crippen LogP contribution is -2.43. The van der Waals surface area contributed by atoms with Crippen LogP contribution in [0, 0.1) is 10.1 Å². The number of nitro benzene ring substituents is 1. The lowest BCUT2D eigenvalue weighted by molar-refractivity contribution is -0.387. The Morgan fingerprint density at radius 3 is 2.45 bits per heavy atom. The molecular weight excluding hydrogens is 418 g/mol. The molecular formula is C22H23N3O5S. The third-order valence-electron chi connectivity index (χ3n) is 5.49. The average Bonchev–Trinajstić information content (AvgIpc) is 2.80. The van der Waals surface area contributed by atoms with Gasteiger partial charge in [-0.3, -0.25) is 15.0 Å². The minimum Gasteiger partial charge on any atom is -0.379 e. The Balaban J connectivity index is 1.68. The fourth-order valence-corrected chi connectivity index (χ4v) is 5.18. The Morgan fingerprint density at radius 1 is 1.00 bits per heavy atom. The second-order valence-electron chi connectivity index (χ2n) is 7.31. The highest BCUT2D eigenvalue weighted by Crippen LogP contribution is 2.30. The van der Waals surface area contributed by atoms with Gasteiger partial charge in [-0.05, 0) is 22.4 Å². The number of benzene rings is 3. The van der Waals surface area contributed by atoms with Crippen LogP contribution in [0.2, 0.25) is 0 Å². The molecule has 4 rings (SSSR count). The summed E-state index contributed by atoms with van der Waals surface area (Å²) in [6, 6.07) is 19.1. The van der Waals surface area contributed by atoms with E-state index in [1.807, 2.05) is 42.5 Å². The molecule has 31 heavy (non-hydrogen) atoms. The van der Waals surface area contributed by atoms with Gasteiger partial charge in [0.15, 0.2) is 4.90 Å². The van der Waals surface area contributed by atoms with Gasteiger partial charge in [0.25, 0.3) is 5.69 Å². The van der Waals surface area contributed by atoms with Crippen molar-refractivity contribution < 1.29 is 18.1 Å². The number of nitrogens with zero attached hydrogens (tertiary/aromatic N) is 2. The quantitative estimate of drug-likeness (QED) is 0.447. The highest BCUT2D eigenvalue weighted by molar-refractivity contribution is 7.89. The first-order chi connectivity index (χ1) is 15.0. The van der Waals surface area contributed by atoms with Gasteiger partial charge in [0.1, 0.15) is 0 Å². The molecule has 1 N–H and O–H groups in total. The van der Waals surface area contributed by atoms with Crippen molar-refractivity contribution in [1.82, 2.24) is 9.62 Å². The normalized spacial score (nSPS) is 16.3. The summed E-state index contributed by atoms with van der Waals surface area (Å²) < 4.78 is 34.1. The summed E-state index contributed by atoms with van der Waals surface area (Å²) in [6.45, 7) is 2.56. The van der Waals surface area contributed by atoms with Crippen LogP contribution in [0.4, 0.5) is 5.69 Å². The van der Waals surface area contributed by atoms with Gasteiger partial charge in [-0.2, -0.15) is 0 Å². The fourth-order valence-electron chi connectivity index (χ4n) is 3.97. The number of fused-ring (bicyclic) bond motifs is 1. The minimum absolute atomic E-state index is 0.0857. The van der Waals surface area contributed by atoms with Gasteiger partial charge in [-0.15, -0.1) is 0 Å². The van der Waals surface area contributed by atoms with E-state index < -0.39 is 20.6 Å². The van der Waals surface area contributed by atoms with Gasteiger partial charge in [-0.25, -0.2) is 13.1 Å². The third kappa shape index (κ3) is 4.59. The largest absolute Gasteiger partial charge is 0.379 e. The maximum Gasteiger partial charge on any atom is 0.289 e. The lowest BCUT2D eigenvalue weighted by atomic mass is 9.97. The van der Waals surface area contributed by atoms with E-state index in [4.69, 9.17) is 4.74 Å². The number of sulfonamides is 1. The topological polar surface area (TPSA) is 102 Å². The zero-order chi connectivity index (χ0) is 21.8. The molecule has 1 saturated heterocycles. The van der Waals surface area contributed by atoms with Crippen LogP contribution in [-0.4, -0.2) is 51.1 Å². The van der Waals surface area contributed by atoms with Gasteiger partial charge >= 0.3 is 0 Å². The van der Waals surface area contributed by atoms with E-state index in [0.717, 1.165) is 16.3 Å². The van der Waals surface area contributed by atoms with Crippen LogP contribution in [0.5, 0.6) is 0 Å². The van der Waals surface area contributed by atoms with Crippen LogP contribution in [0.15, 0.2) is 71.6 Å². The summed E-state index contributed by atoms with van der Waals surface area (Å²) in [6.07, 6.45) is 0. The molecule has 0 saturated carbocycles. The number of nitrogens with one attached hydrogen (secondary N) is 1. The summed E-state index contributed by atoms with van der Waals surface area (Å²) in [5.41, 5.74) is 0.563. The first kappa shape index (κ1) is 21.4. The van der Waals surface area contributed by atoms with Gasteiger partial charge in [0, 0.05) is 31.7 Å². The zero-order valence-electron chi connectivity index (χ0n) is 16.8. The molecule has 0 radical (unpaired) electrons. The molecule has 0 amide bonds. The SMILES string of the molecule is O=[N+]([O-])c1ccccc1S(=O)(=O)NC[C@H](c1cccc2ccccc12)N1CCOCC1. The molecule has 0 bridgehead atoms. The summed E-state index contributed by atoms with van der Waals surface area (Å²) >= 11 is 0. The standard InChI is InChI=1S/C22H23N3O5S/c26-25(27)20-10-3-4-11-22(20)31(28,29)23-16-21(24-12-14-30-15-13-24)19-9-5-7-17-6-1-2-8-18(17)19/h1-11,21,23H,12-16H2/t21-/m1/s1. The Labute approximate surface area is 180 Å². The molecule has 3 aromatic rings. The molecule has 1 heterocycles. The molecule has 1 atom stereocenters. The molecule has 162 valence electrons. The van der Waals surface area contributed by atoms with E-state index in [-0.39, 0.29) is 17.5 Å². The van der Waals surface area contributed by atoms with Gasteiger partial charge in [0.05, 0.1) is 18.1 Å². The van der Waals surface area contributed by atoms with Crippen LogP contribution >= 0.6 is 0 Å². The van der Waals surface area contributed by atoms with Crippen molar-refractivity contribution in [3.05, 3.63) is 82.4 Å². The van der Waals surface area contributed by atoms with Crippen molar-refractivity contribution in [2.24, 2.45) is 0 Å². The molecule has 1 aliphatic rings. The molecule has 8 nitrogen and oxygen atoms in total. The van der Waals surface area contributed by atoms with Crippen molar-refractivity contribution in [2.75, 3.05) is 32.8 Å². The Bertz CT molecular complexity index is 1190. The summed E-state index contributed by atoms with van der Waals surface area (Å²) in [7, 11) is -4.08. The molecule has 1 aliphatic heterocycles. The van der Waals surface area contributed by atoms with E-state index in [2.05, 4.69) is 9.62 Å². The molecule has 0 spiro atoms. The smallest absolute Gasteiger partial charge is 0.289 e. The number of nitro groups is 1. The van der Waals surface area contributed by atoms with Gasteiger partial charge < -0.3 is 4.74 Å². The van der Waals surface area contributed by atoms with Crippen LogP contribution in [0.25, 0.3) is 10.8 Å². The molecule has 0 aliphatic carbocycles. The Morgan fingerprint density at radius 2 is 1.68 bits per heavy atom. The summed E-state index contributed by atoms with van der Waals surface area (Å²) in [4.78, 5) is 12.5. The van der Waals surface area contributed by atoms with Crippen molar-refractivity contribution in [3.63, 3.8) is 0 Å². The van der Waals surface area contributed by atoms with E-state index in [1.54, 1.807) is 0 Å². The molecule has 1 fully saturated rings. The lowest BCUT2D eigenvalue weighted by Gasteiger charge is -2.35. The van der Waals surface area contributed by atoms with E-state index in [9.17, 15) is 18.5 Å². The number of para-hydroxylation sites is 1. The second-order valence-corrected chi connectivity index (χ2v) is 9.04. The van der Waals surface area contributed by atoms with Crippen molar-refractivity contribution in [2.45, 2.75) is 10.9 Å². The van der Waals surface area contributed by atoms with Gasteiger partial charge in [-0.1, -0.05) is 54.6 Å². The number of morpholine rings is 1. The van der Waals surface area contributed by atoms with Crippen LogP contribution < -0.4 is 4.72 Å². The van der Waals surface area contributed by atoms with Crippen LogP contribution in [0.1, 0.15) is 11.6 Å². The zero-order valence-corrected chi connectivity index (χ0v) is 17.6. The van der Waals surface area contributed by atoms with E-state index in [0.29, 0.717) is 26.3 Å². The molecule has 0 unspecified atom stereocenters. The summed E-state index contributed by atoms with van der Waals surface area (Å²) in [5, 5.41) is 13.4. The predicted octanol–water partition coefficient (Wildman–Crippen LogP) is 3.10. The first-order valence-corrected chi connectivity index (χ1v) is 11.5. The number of hydrogen-bond acceptors (Lipinski definition) is 6. The molecule has 0 aromatic heterocycles.